The molecule has 7 heteroatoms. The number of aromatic nitrogens is 2. The van der Waals surface area contributed by atoms with E-state index in [4.69, 9.17) is 9.47 Å². The number of methoxy groups -OCH3 is 1. The molecule has 0 spiro atoms. The van der Waals surface area contributed by atoms with Gasteiger partial charge in [0.15, 0.2) is 0 Å². The summed E-state index contributed by atoms with van der Waals surface area (Å²) < 4.78 is 10.7. The van der Waals surface area contributed by atoms with Crippen LogP contribution in [0.1, 0.15) is 18.5 Å². The van der Waals surface area contributed by atoms with Gasteiger partial charge in [-0.3, -0.25) is 4.79 Å². The van der Waals surface area contributed by atoms with Gasteiger partial charge < -0.3 is 19.3 Å². The Hall–Kier alpha value is -1.89. The van der Waals surface area contributed by atoms with Crippen LogP contribution in [0.3, 0.4) is 0 Å². The summed E-state index contributed by atoms with van der Waals surface area (Å²) in [4.78, 5) is 25.2. The molecule has 3 rings (SSSR count). The van der Waals surface area contributed by atoms with Crippen LogP contribution < -0.4 is 9.64 Å². The van der Waals surface area contributed by atoms with Crippen LogP contribution in [-0.4, -0.2) is 66.8 Å². The van der Waals surface area contributed by atoms with Crippen molar-refractivity contribution in [2.24, 2.45) is 0 Å². The molecule has 1 unspecified atom stereocenters. The number of hydrogen-bond acceptors (Lipinski definition) is 6. The highest BCUT2D eigenvalue weighted by atomic mass is 16.5. The third-order valence-corrected chi connectivity index (χ3v) is 4.11. The fourth-order valence-electron chi connectivity index (χ4n) is 2.87. The maximum Gasteiger partial charge on any atom is 0.251 e. The highest BCUT2D eigenvalue weighted by Crippen LogP contribution is 2.19. The number of amides is 1. The van der Waals surface area contributed by atoms with Gasteiger partial charge in [-0.05, 0) is 19.8 Å². The lowest BCUT2D eigenvalue weighted by molar-refractivity contribution is -0.141. The van der Waals surface area contributed by atoms with Crippen molar-refractivity contribution in [3.8, 4) is 5.88 Å². The quantitative estimate of drug-likeness (QED) is 0.815. The van der Waals surface area contributed by atoms with Gasteiger partial charge in [0.05, 0.1) is 7.11 Å². The fraction of sp³-hybridized carbons (Fsp3) is 0.667. The van der Waals surface area contributed by atoms with Gasteiger partial charge in [0.2, 0.25) is 11.8 Å². The van der Waals surface area contributed by atoms with E-state index in [9.17, 15) is 4.79 Å². The van der Waals surface area contributed by atoms with Gasteiger partial charge in [-0.1, -0.05) is 0 Å². The van der Waals surface area contributed by atoms with E-state index < -0.39 is 0 Å². The lowest BCUT2D eigenvalue weighted by Crippen LogP contribution is -2.51. The van der Waals surface area contributed by atoms with E-state index in [-0.39, 0.29) is 12.0 Å². The monoisotopic (exact) mass is 306 g/mol. The van der Waals surface area contributed by atoms with Crippen molar-refractivity contribution in [2.45, 2.75) is 25.9 Å². The molecule has 7 nitrogen and oxygen atoms in total. The number of nitrogens with zero attached hydrogens (tertiary/aromatic N) is 4. The molecule has 2 fully saturated rings. The van der Waals surface area contributed by atoms with E-state index in [2.05, 4.69) is 14.9 Å². The highest BCUT2D eigenvalue weighted by molar-refractivity contribution is 5.81. The maximum atomic E-state index is 12.3. The fourth-order valence-corrected chi connectivity index (χ4v) is 2.87. The van der Waals surface area contributed by atoms with Gasteiger partial charge in [0.25, 0.3) is 5.91 Å². The van der Waals surface area contributed by atoms with Crippen LogP contribution in [0, 0.1) is 6.92 Å². The summed E-state index contributed by atoms with van der Waals surface area (Å²) in [5.41, 5.74) is 0.875. The molecule has 0 bridgehead atoms. The van der Waals surface area contributed by atoms with Gasteiger partial charge in [0, 0.05) is 44.5 Å². The summed E-state index contributed by atoms with van der Waals surface area (Å²) >= 11 is 0. The number of rotatable bonds is 3. The predicted molar refractivity (Wildman–Crippen MR) is 81.1 cm³/mol. The molecule has 0 saturated carbocycles. The molecule has 120 valence electrons. The van der Waals surface area contributed by atoms with E-state index in [0.29, 0.717) is 31.5 Å². The summed E-state index contributed by atoms with van der Waals surface area (Å²) in [6, 6.07) is 1.81. The van der Waals surface area contributed by atoms with Crippen molar-refractivity contribution in [3.63, 3.8) is 0 Å². The molecule has 1 aromatic rings. The maximum absolute atomic E-state index is 12.3. The van der Waals surface area contributed by atoms with Crippen molar-refractivity contribution in [1.29, 1.82) is 0 Å². The Balaban J connectivity index is 1.61. The number of aryl methyl sites for hydroxylation is 1. The molecule has 0 N–H and O–H groups in total. The van der Waals surface area contributed by atoms with Crippen LogP contribution in [0.5, 0.6) is 5.88 Å². The first-order valence-corrected chi connectivity index (χ1v) is 7.72. The molecule has 1 aromatic heterocycles. The zero-order valence-electron chi connectivity index (χ0n) is 13.1. The standard InChI is InChI=1S/C15H22N4O3/c1-11-10-13(21-2)17-15(16-11)19-7-5-18(6-8-19)14(20)12-4-3-9-22-12/h10,12H,3-9H2,1-2H3. The number of hydrogen-bond donors (Lipinski definition) is 0. The summed E-state index contributed by atoms with van der Waals surface area (Å²) in [7, 11) is 1.60. The smallest absolute Gasteiger partial charge is 0.251 e. The van der Waals surface area contributed by atoms with Gasteiger partial charge in [-0.15, -0.1) is 0 Å². The Kier molecular flexibility index (Phi) is 4.42. The zero-order valence-corrected chi connectivity index (χ0v) is 13.1. The van der Waals surface area contributed by atoms with E-state index in [1.54, 1.807) is 13.2 Å². The minimum absolute atomic E-state index is 0.125. The lowest BCUT2D eigenvalue weighted by Gasteiger charge is -2.35. The van der Waals surface area contributed by atoms with Crippen molar-refractivity contribution < 1.29 is 14.3 Å². The second kappa shape index (κ2) is 6.48. The normalized spacial score (nSPS) is 22.0. The lowest BCUT2D eigenvalue weighted by atomic mass is 10.2. The van der Waals surface area contributed by atoms with Crippen molar-refractivity contribution in [1.82, 2.24) is 14.9 Å². The number of anilines is 1. The number of ether oxygens (including phenoxy) is 2. The Labute approximate surface area is 130 Å². The molecule has 2 saturated heterocycles. The van der Waals surface area contributed by atoms with Gasteiger partial charge >= 0.3 is 0 Å². The average molecular weight is 306 g/mol. The topological polar surface area (TPSA) is 67.8 Å². The molecule has 1 atom stereocenters. The van der Waals surface area contributed by atoms with Crippen molar-refractivity contribution >= 4 is 11.9 Å². The SMILES string of the molecule is COc1cc(C)nc(N2CCN(C(=O)C3CCCO3)CC2)n1. The molecule has 3 heterocycles. The molecule has 2 aliphatic heterocycles. The molecule has 1 amide bonds. The zero-order chi connectivity index (χ0) is 15.5. The second-order valence-corrected chi connectivity index (χ2v) is 5.67. The first kappa shape index (κ1) is 15.0. The van der Waals surface area contributed by atoms with E-state index in [0.717, 1.165) is 31.6 Å². The highest BCUT2D eigenvalue weighted by Gasteiger charge is 2.30. The molecular weight excluding hydrogens is 284 g/mol. The molecule has 2 aliphatic rings. The Morgan fingerprint density at radius 2 is 2.09 bits per heavy atom. The number of carbonyl (C=O) groups is 1. The van der Waals surface area contributed by atoms with Crippen LogP contribution >= 0.6 is 0 Å². The predicted octanol–water partition coefficient (Wildman–Crippen LogP) is 0.621. The van der Waals surface area contributed by atoms with Crippen LogP contribution in [0.4, 0.5) is 5.95 Å². The second-order valence-electron chi connectivity index (χ2n) is 5.67. The van der Waals surface area contributed by atoms with Gasteiger partial charge in [-0.2, -0.15) is 4.98 Å². The van der Waals surface area contributed by atoms with Gasteiger partial charge in [-0.25, -0.2) is 4.98 Å². The summed E-state index contributed by atoms with van der Waals surface area (Å²) in [6.07, 6.45) is 1.59. The van der Waals surface area contributed by atoms with Crippen molar-refractivity contribution in [3.05, 3.63) is 11.8 Å². The molecule has 0 aliphatic carbocycles. The molecular formula is C15H22N4O3. The Morgan fingerprint density at radius 3 is 2.73 bits per heavy atom. The van der Waals surface area contributed by atoms with E-state index in [1.165, 1.54) is 0 Å². The minimum Gasteiger partial charge on any atom is -0.481 e. The third kappa shape index (κ3) is 3.14. The van der Waals surface area contributed by atoms with Crippen LogP contribution in [0.2, 0.25) is 0 Å². The van der Waals surface area contributed by atoms with Crippen LogP contribution in [-0.2, 0) is 9.53 Å². The summed E-state index contributed by atoms with van der Waals surface area (Å²) in [5.74, 6) is 1.36. The molecule has 0 radical (unpaired) electrons. The van der Waals surface area contributed by atoms with E-state index in [1.807, 2.05) is 11.8 Å². The number of piperazine rings is 1. The number of carbonyl (C=O) groups excluding carboxylic acids is 1. The van der Waals surface area contributed by atoms with E-state index >= 15 is 0 Å². The Bertz CT molecular complexity index is 538. The summed E-state index contributed by atoms with van der Waals surface area (Å²) in [6.45, 7) is 5.44. The Morgan fingerprint density at radius 1 is 1.32 bits per heavy atom. The minimum atomic E-state index is -0.234. The van der Waals surface area contributed by atoms with Crippen LogP contribution in [0.25, 0.3) is 0 Å². The van der Waals surface area contributed by atoms with Gasteiger partial charge in [0.1, 0.15) is 6.10 Å². The third-order valence-electron chi connectivity index (χ3n) is 4.11. The first-order chi connectivity index (χ1) is 10.7. The van der Waals surface area contributed by atoms with Crippen molar-refractivity contribution in [2.75, 3.05) is 44.8 Å². The molecule has 22 heavy (non-hydrogen) atoms. The summed E-state index contributed by atoms with van der Waals surface area (Å²) in [5, 5.41) is 0. The average Bonchev–Trinajstić information content (AvgIpc) is 3.08. The first-order valence-electron chi connectivity index (χ1n) is 7.72. The largest absolute Gasteiger partial charge is 0.481 e. The molecule has 0 aromatic carbocycles. The van der Waals surface area contributed by atoms with Crippen LogP contribution in [0.15, 0.2) is 6.07 Å².